The minimum Gasteiger partial charge on any atom is -0.302 e. The molecule has 0 radical (unpaired) electrons. The average molecular weight is 236 g/mol. The third-order valence-electron chi connectivity index (χ3n) is 2.89. The predicted molar refractivity (Wildman–Crippen MR) is 61.1 cm³/mol. The molecule has 1 unspecified atom stereocenters. The Hall–Kier alpha value is 0.120. The Labute approximate surface area is 92.2 Å². The number of rotatable bonds is 6. The third-order valence-corrected chi connectivity index (χ3v) is 4.35. The lowest BCUT2D eigenvalue weighted by Gasteiger charge is -2.23. The van der Waals surface area contributed by atoms with Crippen molar-refractivity contribution in [3.63, 3.8) is 0 Å². The summed E-state index contributed by atoms with van der Waals surface area (Å²) < 4.78 is 30.1. The Bertz CT molecular complexity index is 215. The summed E-state index contributed by atoms with van der Waals surface area (Å²) >= 11 is 0. The van der Waals surface area contributed by atoms with Crippen LogP contribution in [0.25, 0.3) is 0 Å². The monoisotopic (exact) mass is 236 g/mol. The molecule has 1 saturated carbocycles. The van der Waals surface area contributed by atoms with Crippen molar-refractivity contribution in [1.29, 1.82) is 0 Å². The van der Waals surface area contributed by atoms with Gasteiger partial charge in [0.15, 0.2) is 0 Å². The van der Waals surface area contributed by atoms with E-state index >= 15 is 0 Å². The molecule has 0 spiro atoms. The molecule has 0 aromatic heterocycles. The van der Waals surface area contributed by atoms with Gasteiger partial charge in [0.2, 0.25) is 0 Å². The minimum atomic E-state index is -3.79. The maximum Gasteiger partial charge on any atom is 0.367 e. The molecule has 2 nitrogen and oxygen atoms in total. The number of unbranched alkanes of at least 4 members (excludes halogenated alkanes) is 2. The van der Waals surface area contributed by atoms with Crippen molar-refractivity contribution in [2.45, 2.75) is 64.4 Å². The van der Waals surface area contributed by atoms with Gasteiger partial charge in [0.25, 0.3) is 0 Å². The molecular weight excluding hydrogens is 214 g/mol. The Morgan fingerprint density at radius 2 is 1.93 bits per heavy atom. The van der Waals surface area contributed by atoms with Gasteiger partial charge in [-0.25, -0.2) is 0 Å². The van der Waals surface area contributed by atoms with Crippen LogP contribution in [0.15, 0.2) is 0 Å². The summed E-state index contributed by atoms with van der Waals surface area (Å²) in [6.07, 6.45) is 7.77. The first-order chi connectivity index (χ1) is 7.14. The van der Waals surface area contributed by atoms with E-state index < -0.39 is 7.68 Å². The highest BCUT2D eigenvalue weighted by Gasteiger charge is 2.27. The summed E-state index contributed by atoms with van der Waals surface area (Å²) in [5, 5.41) is 0. The van der Waals surface area contributed by atoms with E-state index in [1.165, 1.54) is 6.42 Å². The quantitative estimate of drug-likeness (QED) is 0.494. The first-order valence-electron chi connectivity index (χ1n) is 6.11. The summed E-state index contributed by atoms with van der Waals surface area (Å²) in [6, 6.07) is 0. The first-order valence-corrected chi connectivity index (χ1v) is 7.81. The molecule has 15 heavy (non-hydrogen) atoms. The van der Waals surface area contributed by atoms with Crippen LogP contribution in [-0.4, -0.2) is 12.3 Å². The molecule has 0 aromatic rings. The predicted octanol–water partition coefficient (Wildman–Crippen LogP) is 4.69. The second-order valence-corrected chi connectivity index (χ2v) is 6.22. The van der Waals surface area contributed by atoms with Crippen LogP contribution in [0.5, 0.6) is 0 Å². The zero-order chi connectivity index (χ0) is 11.1. The molecule has 0 aliphatic heterocycles. The molecular formula is C11H22FO2P. The summed E-state index contributed by atoms with van der Waals surface area (Å²) in [5.74, 6) is 0. The fraction of sp³-hybridized carbons (Fsp3) is 1.00. The van der Waals surface area contributed by atoms with Gasteiger partial charge in [0, 0.05) is 0 Å². The molecule has 0 bridgehead atoms. The van der Waals surface area contributed by atoms with Crippen molar-refractivity contribution in [1.82, 2.24) is 0 Å². The van der Waals surface area contributed by atoms with Crippen molar-refractivity contribution in [3.05, 3.63) is 0 Å². The van der Waals surface area contributed by atoms with Crippen molar-refractivity contribution in [2.24, 2.45) is 0 Å². The van der Waals surface area contributed by atoms with Gasteiger partial charge in [0.05, 0.1) is 12.3 Å². The van der Waals surface area contributed by atoms with Crippen LogP contribution in [-0.2, 0) is 9.09 Å². The van der Waals surface area contributed by atoms with E-state index in [0.717, 1.165) is 38.5 Å². The zero-order valence-electron chi connectivity index (χ0n) is 9.58. The van der Waals surface area contributed by atoms with Gasteiger partial charge in [-0.15, -0.1) is 0 Å². The van der Waals surface area contributed by atoms with E-state index in [-0.39, 0.29) is 12.3 Å². The van der Waals surface area contributed by atoms with Crippen LogP contribution in [0.3, 0.4) is 0 Å². The molecule has 1 atom stereocenters. The molecule has 1 aliphatic rings. The number of hydrogen-bond donors (Lipinski definition) is 0. The minimum absolute atomic E-state index is 0.0868. The van der Waals surface area contributed by atoms with Gasteiger partial charge >= 0.3 is 7.68 Å². The Morgan fingerprint density at radius 1 is 1.27 bits per heavy atom. The standard InChI is InChI=1S/C11H22FO2P/c1-2-3-7-10-15(12,13)14-11-8-5-4-6-9-11/h11H,2-10H2,1H3. The summed E-state index contributed by atoms with van der Waals surface area (Å²) in [6.45, 7) is 2.05. The molecule has 4 heteroatoms. The number of hydrogen-bond acceptors (Lipinski definition) is 2. The largest absolute Gasteiger partial charge is 0.367 e. The molecule has 0 amide bonds. The lowest BCUT2D eigenvalue weighted by molar-refractivity contribution is 0.146. The Balaban J connectivity index is 2.24. The van der Waals surface area contributed by atoms with Crippen LogP contribution in [0.2, 0.25) is 0 Å². The maximum atomic E-state index is 13.5. The van der Waals surface area contributed by atoms with E-state index in [9.17, 15) is 8.76 Å². The second kappa shape index (κ2) is 6.65. The zero-order valence-corrected chi connectivity index (χ0v) is 10.5. The smallest absolute Gasteiger partial charge is 0.302 e. The topological polar surface area (TPSA) is 26.3 Å². The molecule has 1 rings (SSSR count). The highest BCUT2D eigenvalue weighted by molar-refractivity contribution is 7.53. The fourth-order valence-electron chi connectivity index (χ4n) is 2.00. The normalized spacial score (nSPS) is 22.5. The SMILES string of the molecule is CCCCCP(=O)(F)OC1CCCCC1. The van der Waals surface area contributed by atoms with Gasteiger partial charge in [-0.1, -0.05) is 39.0 Å². The van der Waals surface area contributed by atoms with Crippen LogP contribution in [0, 0.1) is 0 Å². The maximum absolute atomic E-state index is 13.5. The van der Waals surface area contributed by atoms with Crippen molar-refractivity contribution in [3.8, 4) is 0 Å². The van der Waals surface area contributed by atoms with Crippen LogP contribution in [0.4, 0.5) is 4.20 Å². The van der Waals surface area contributed by atoms with Crippen LogP contribution < -0.4 is 0 Å². The first kappa shape index (κ1) is 13.2. The van der Waals surface area contributed by atoms with E-state index in [2.05, 4.69) is 0 Å². The molecule has 0 N–H and O–H groups in total. The van der Waals surface area contributed by atoms with Crippen molar-refractivity contribution < 1.29 is 13.3 Å². The highest BCUT2D eigenvalue weighted by atomic mass is 31.2. The van der Waals surface area contributed by atoms with E-state index in [1.807, 2.05) is 6.92 Å². The molecule has 0 aromatic carbocycles. The van der Waals surface area contributed by atoms with Gasteiger partial charge in [-0.3, -0.25) is 4.57 Å². The molecule has 90 valence electrons. The lowest BCUT2D eigenvalue weighted by Crippen LogP contribution is -2.15. The van der Waals surface area contributed by atoms with Gasteiger partial charge in [0.1, 0.15) is 0 Å². The highest BCUT2D eigenvalue weighted by Crippen LogP contribution is 2.52. The summed E-state index contributed by atoms with van der Waals surface area (Å²) in [4.78, 5) is 0. The van der Waals surface area contributed by atoms with Crippen LogP contribution >= 0.6 is 7.68 Å². The number of halogens is 1. The third kappa shape index (κ3) is 5.67. The van der Waals surface area contributed by atoms with Gasteiger partial charge in [-0.05, 0) is 19.3 Å². The van der Waals surface area contributed by atoms with Gasteiger partial charge in [-0.2, -0.15) is 4.20 Å². The Morgan fingerprint density at radius 3 is 2.53 bits per heavy atom. The fourth-order valence-corrected chi connectivity index (χ4v) is 3.36. The molecule has 1 fully saturated rings. The molecule has 0 heterocycles. The van der Waals surface area contributed by atoms with E-state index in [0.29, 0.717) is 6.42 Å². The Kier molecular flexibility index (Phi) is 5.84. The summed E-state index contributed by atoms with van der Waals surface area (Å²) in [5.41, 5.74) is 0. The average Bonchev–Trinajstić information content (AvgIpc) is 2.18. The van der Waals surface area contributed by atoms with E-state index in [4.69, 9.17) is 4.52 Å². The van der Waals surface area contributed by atoms with Gasteiger partial charge < -0.3 is 4.52 Å². The van der Waals surface area contributed by atoms with Crippen molar-refractivity contribution >= 4 is 7.68 Å². The van der Waals surface area contributed by atoms with E-state index in [1.54, 1.807) is 0 Å². The second-order valence-electron chi connectivity index (χ2n) is 4.39. The lowest BCUT2D eigenvalue weighted by atomic mass is 9.98. The molecule has 1 aliphatic carbocycles. The van der Waals surface area contributed by atoms with Crippen LogP contribution in [0.1, 0.15) is 58.3 Å². The van der Waals surface area contributed by atoms with Crippen molar-refractivity contribution in [2.75, 3.05) is 6.16 Å². The molecule has 0 saturated heterocycles. The summed E-state index contributed by atoms with van der Waals surface area (Å²) in [7, 11) is -3.79.